The number of carboxylic acids is 1. The number of benzene rings is 3. The first-order chi connectivity index (χ1) is 23.4. The third kappa shape index (κ3) is 9.02. The minimum atomic E-state index is -2.05. The number of hydrogen-bond acceptors (Lipinski definition) is 14. The Bertz CT molecular complexity index is 1930. The Balaban J connectivity index is 1.83. The third-order valence-electron chi connectivity index (χ3n) is 6.42. The molecule has 2 atom stereocenters. The molecule has 3 aromatic carbocycles. The van der Waals surface area contributed by atoms with Crippen LogP contribution in [0.1, 0.15) is 51.3 Å². The van der Waals surface area contributed by atoms with E-state index >= 15 is 0 Å². The van der Waals surface area contributed by atoms with E-state index in [2.05, 4.69) is 9.97 Å². The lowest BCUT2D eigenvalue weighted by Crippen LogP contribution is -2.37. The predicted octanol–water partition coefficient (Wildman–Crippen LogP) is 4.90. The number of carbonyl (C=O) groups excluding carboxylic acids is 2. The van der Waals surface area contributed by atoms with E-state index in [1.54, 1.807) is 44.2 Å². The van der Waals surface area contributed by atoms with Gasteiger partial charge in [-0.05, 0) is 68.3 Å². The van der Waals surface area contributed by atoms with E-state index in [1.807, 2.05) is 6.07 Å². The van der Waals surface area contributed by atoms with Crippen LogP contribution in [0.25, 0.3) is 0 Å². The molecular weight excluding hydrogens is 644 g/mol. The van der Waals surface area contributed by atoms with Crippen LogP contribution in [0.2, 0.25) is 0 Å². The Morgan fingerprint density at radius 2 is 1.69 bits per heavy atom. The van der Waals surface area contributed by atoms with Crippen LogP contribution >= 0.6 is 0 Å². The summed E-state index contributed by atoms with van der Waals surface area (Å²) in [6.07, 6.45) is -3.72. The van der Waals surface area contributed by atoms with Gasteiger partial charge in [0, 0.05) is 0 Å². The average Bonchev–Trinajstić information content (AvgIpc) is 3.05. The highest BCUT2D eigenvalue weighted by molar-refractivity contribution is 5.93. The van der Waals surface area contributed by atoms with Crippen LogP contribution in [0.15, 0.2) is 66.7 Å². The first kappa shape index (κ1) is 35.3. The van der Waals surface area contributed by atoms with E-state index in [0.29, 0.717) is 11.1 Å². The highest BCUT2D eigenvalue weighted by Crippen LogP contribution is 2.40. The summed E-state index contributed by atoms with van der Waals surface area (Å²) < 4.78 is 27.2. The molecule has 0 fully saturated rings. The first-order valence-corrected chi connectivity index (χ1v) is 14.4. The summed E-state index contributed by atoms with van der Waals surface area (Å²) in [6.45, 7) is 4.27. The van der Waals surface area contributed by atoms with Gasteiger partial charge in [0.25, 0.3) is 0 Å². The Labute approximate surface area is 278 Å². The van der Waals surface area contributed by atoms with Crippen LogP contribution in [0.4, 0.5) is 5.69 Å². The van der Waals surface area contributed by atoms with Crippen LogP contribution in [0.3, 0.4) is 0 Å². The van der Waals surface area contributed by atoms with Crippen molar-refractivity contribution in [1.29, 1.82) is 5.26 Å². The number of aromatic nitrogens is 2. The van der Waals surface area contributed by atoms with Gasteiger partial charge in [-0.25, -0.2) is 14.4 Å². The van der Waals surface area contributed by atoms with Crippen molar-refractivity contribution in [2.75, 3.05) is 6.61 Å². The van der Waals surface area contributed by atoms with Crippen LogP contribution in [0.5, 0.6) is 29.3 Å². The number of nitriles is 1. The zero-order chi connectivity index (χ0) is 35.7. The van der Waals surface area contributed by atoms with E-state index < -0.39 is 58.5 Å². The van der Waals surface area contributed by atoms with E-state index in [-0.39, 0.29) is 41.4 Å². The number of nitrogens with zero attached hydrogens (tertiary/aromatic N) is 4. The molecule has 4 aromatic rings. The average molecular weight is 673 g/mol. The van der Waals surface area contributed by atoms with Crippen molar-refractivity contribution in [3.63, 3.8) is 0 Å². The quantitative estimate of drug-likeness (QED) is 0.103. The topological polar surface area (TPSA) is 231 Å². The molecule has 0 aliphatic heterocycles. The van der Waals surface area contributed by atoms with Crippen molar-refractivity contribution in [2.45, 2.75) is 39.6 Å². The molecule has 4 rings (SSSR count). The van der Waals surface area contributed by atoms with E-state index in [0.717, 1.165) is 13.0 Å². The monoisotopic (exact) mass is 672 g/mol. The summed E-state index contributed by atoms with van der Waals surface area (Å²) in [5, 5.41) is 41.4. The number of carbonyl (C=O) groups is 3. The molecule has 252 valence electrons. The van der Waals surface area contributed by atoms with Crippen molar-refractivity contribution in [3.8, 4) is 35.3 Å². The number of aliphatic carboxylic acids is 1. The Morgan fingerprint density at radius 3 is 2.33 bits per heavy atom. The van der Waals surface area contributed by atoms with Crippen LogP contribution < -0.4 is 14.2 Å². The first-order valence-electron chi connectivity index (χ1n) is 14.4. The Morgan fingerprint density at radius 1 is 0.980 bits per heavy atom. The number of aliphatic hydroxyl groups excluding tert-OH is 1. The van der Waals surface area contributed by atoms with Crippen molar-refractivity contribution in [1.82, 2.24) is 9.97 Å². The zero-order valence-electron chi connectivity index (χ0n) is 26.2. The number of hydrogen-bond donors (Lipinski definition) is 2. The second-order valence-electron chi connectivity index (χ2n) is 10.2. The second-order valence-corrected chi connectivity index (χ2v) is 10.2. The molecule has 0 spiro atoms. The van der Waals surface area contributed by atoms with Crippen LogP contribution in [-0.4, -0.2) is 61.8 Å². The molecule has 0 amide bonds. The molecule has 1 aromatic heterocycles. The van der Waals surface area contributed by atoms with Gasteiger partial charge in [-0.15, -0.1) is 0 Å². The minimum absolute atomic E-state index is 0.0378. The van der Waals surface area contributed by atoms with Crippen LogP contribution in [-0.2, 0) is 20.9 Å². The summed E-state index contributed by atoms with van der Waals surface area (Å²) in [6, 6.07) is 17.8. The number of nitro groups is 1. The van der Waals surface area contributed by atoms with Gasteiger partial charge in [-0.3, -0.25) is 10.1 Å². The van der Waals surface area contributed by atoms with Gasteiger partial charge in [0.15, 0.2) is 0 Å². The molecular formula is C33H28N4O12. The maximum absolute atomic E-state index is 13.1. The fourth-order valence-electron chi connectivity index (χ4n) is 4.22. The normalized spacial score (nSPS) is 11.7. The maximum atomic E-state index is 13.1. The van der Waals surface area contributed by atoms with E-state index in [4.69, 9.17) is 23.7 Å². The number of rotatable bonds is 14. The smallest absolute Gasteiger partial charge is 0.392 e. The SMILES string of the molecule is CCOC(=O)c1cc(C)cc(Oc2nc(Oc3cc(C#N)ccc3C(=O)OCc3ccccc3)nc(OC(C(=O)O)C(C)O)c2[N+](=O)[O-])c1. The fraction of sp³-hybridized carbons (Fsp3) is 0.212. The second kappa shape index (κ2) is 15.8. The van der Waals surface area contributed by atoms with E-state index in [1.165, 1.54) is 30.3 Å². The number of esters is 2. The number of carboxylic acid groups (broad SMARTS) is 1. The highest BCUT2D eigenvalue weighted by Gasteiger charge is 2.35. The van der Waals surface area contributed by atoms with Crippen molar-refractivity contribution < 1.29 is 53.2 Å². The van der Waals surface area contributed by atoms with E-state index in [9.17, 15) is 40.0 Å². The highest BCUT2D eigenvalue weighted by atomic mass is 16.6. The molecule has 2 unspecified atom stereocenters. The number of ether oxygens (including phenoxy) is 5. The van der Waals surface area contributed by atoms with Gasteiger partial charge < -0.3 is 33.9 Å². The lowest BCUT2D eigenvalue weighted by Gasteiger charge is -2.18. The van der Waals surface area contributed by atoms with Gasteiger partial charge in [0.05, 0.1) is 34.8 Å². The van der Waals surface area contributed by atoms with Crippen molar-refractivity contribution in [3.05, 3.63) is 105 Å². The lowest BCUT2D eigenvalue weighted by atomic mass is 10.1. The molecule has 0 saturated heterocycles. The molecule has 0 saturated carbocycles. The molecule has 0 bridgehead atoms. The van der Waals surface area contributed by atoms with Crippen molar-refractivity contribution in [2.24, 2.45) is 0 Å². The predicted molar refractivity (Wildman–Crippen MR) is 166 cm³/mol. The molecule has 16 nitrogen and oxygen atoms in total. The number of aryl methyl sites for hydroxylation is 1. The molecule has 16 heteroatoms. The summed E-state index contributed by atoms with van der Waals surface area (Å²) in [7, 11) is 0. The summed E-state index contributed by atoms with van der Waals surface area (Å²) in [5.74, 6) is -5.50. The number of aliphatic hydroxyl groups is 1. The Hall–Kier alpha value is -6.60. The van der Waals surface area contributed by atoms with Gasteiger partial charge in [-0.1, -0.05) is 30.3 Å². The minimum Gasteiger partial charge on any atom is -0.478 e. The molecule has 0 radical (unpaired) electrons. The van der Waals surface area contributed by atoms with Crippen LogP contribution in [0, 0.1) is 28.4 Å². The largest absolute Gasteiger partial charge is 0.478 e. The fourth-order valence-corrected chi connectivity index (χ4v) is 4.22. The standard InChI is InChI=1S/C33H28N4O12/c1-4-45-31(41)22-12-18(2)13-23(15-22)47-28-26(37(43)44)29(49-27(19(3)38)30(39)40)36-33(35-28)48-25-14-21(16-34)10-11-24(25)32(42)46-17-20-8-6-5-7-9-20/h5-15,19,27,38H,4,17H2,1-3H3,(H,39,40). The summed E-state index contributed by atoms with van der Waals surface area (Å²) in [5.41, 5.74) is 0.0165. The zero-order valence-corrected chi connectivity index (χ0v) is 26.2. The summed E-state index contributed by atoms with van der Waals surface area (Å²) >= 11 is 0. The molecule has 49 heavy (non-hydrogen) atoms. The van der Waals surface area contributed by atoms with Gasteiger partial charge in [0.1, 0.15) is 23.7 Å². The van der Waals surface area contributed by atoms with Gasteiger partial charge in [0.2, 0.25) is 6.10 Å². The molecule has 1 heterocycles. The lowest BCUT2D eigenvalue weighted by molar-refractivity contribution is -0.387. The van der Waals surface area contributed by atoms with Crippen molar-refractivity contribution >= 4 is 23.6 Å². The Kier molecular flexibility index (Phi) is 11.4. The third-order valence-corrected chi connectivity index (χ3v) is 6.42. The molecule has 2 N–H and O–H groups in total. The maximum Gasteiger partial charge on any atom is 0.392 e. The molecule has 0 aliphatic carbocycles. The molecule has 0 aliphatic rings. The van der Waals surface area contributed by atoms with Gasteiger partial charge in [-0.2, -0.15) is 15.2 Å². The van der Waals surface area contributed by atoms with Gasteiger partial charge >= 0.3 is 41.4 Å². The summed E-state index contributed by atoms with van der Waals surface area (Å²) in [4.78, 5) is 56.5.